The topological polar surface area (TPSA) is 101 Å². The Morgan fingerprint density at radius 2 is 1.77 bits per heavy atom. The van der Waals surface area contributed by atoms with Crippen molar-refractivity contribution in [3.05, 3.63) is 0 Å². The molecule has 6 nitrogen and oxygen atoms in total. The van der Waals surface area contributed by atoms with E-state index in [4.69, 9.17) is 4.55 Å². The number of hydrogen-bond donors (Lipinski definition) is 2. The van der Waals surface area contributed by atoms with Crippen LogP contribution in [0.25, 0.3) is 0 Å². The molecule has 0 radical (unpaired) electrons. The third kappa shape index (κ3) is 2.16. The van der Waals surface area contributed by atoms with E-state index >= 15 is 0 Å². The summed E-state index contributed by atoms with van der Waals surface area (Å²) >= 11 is 0. The van der Waals surface area contributed by atoms with Gasteiger partial charge < -0.3 is 9.84 Å². The first-order valence-corrected chi connectivity index (χ1v) is 8.56. The molecular formula is C13H18F2O6S. The number of halogens is 2. The van der Waals surface area contributed by atoms with E-state index in [2.05, 4.69) is 4.74 Å². The standard InChI is InChI=1S/C13H18F2O6S/c1-11(10(16)21-6-13(14,15)22(18,19)20)2-7-4-12(17)5-8(3-11)9(7)12/h7-9,17H,2-6H2,1H3,(H,18,19,20). The van der Waals surface area contributed by atoms with Crippen molar-refractivity contribution >= 4 is 16.1 Å². The Kier molecular flexibility index (Phi) is 3.20. The van der Waals surface area contributed by atoms with Crippen molar-refractivity contribution in [2.75, 3.05) is 6.61 Å². The van der Waals surface area contributed by atoms with E-state index in [0.29, 0.717) is 25.7 Å². The first-order valence-electron chi connectivity index (χ1n) is 7.12. The number of hydrogen-bond acceptors (Lipinski definition) is 5. The van der Waals surface area contributed by atoms with Gasteiger partial charge in [0.2, 0.25) is 0 Å². The first-order chi connectivity index (χ1) is 9.88. The minimum atomic E-state index is -5.61. The van der Waals surface area contributed by atoms with E-state index in [9.17, 15) is 27.1 Å². The zero-order valence-corrected chi connectivity index (χ0v) is 12.8. The highest BCUT2D eigenvalue weighted by Gasteiger charge is 2.69. The van der Waals surface area contributed by atoms with E-state index in [0.717, 1.165) is 0 Å². The molecule has 3 fully saturated rings. The fourth-order valence-corrected chi connectivity index (χ4v) is 4.87. The maximum absolute atomic E-state index is 13.1. The monoisotopic (exact) mass is 340 g/mol. The lowest BCUT2D eigenvalue weighted by Crippen LogP contribution is -2.70. The Labute approximate surface area is 126 Å². The molecule has 0 aliphatic heterocycles. The van der Waals surface area contributed by atoms with Crippen molar-refractivity contribution in [1.82, 2.24) is 0 Å². The van der Waals surface area contributed by atoms with Gasteiger partial charge in [-0.05, 0) is 50.4 Å². The lowest BCUT2D eigenvalue weighted by atomic mass is 9.38. The average molecular weight is 340 g/mol. The third-order valence-corrected chi connectivity index (χ3v) is 6.41. The Morgan fingerprint density at radius 1 is 1.27 bits per heavy atom. The first kappa shape index (κ1) is 16.1. The number of alkyl halides is 2. The van der Waals surface area contributed by atoms with Crippen LogP contribution in [-0.2, 0) is 19.6 Å². The van der Waals surface area contributed by atoms with Crippen molar-refractivity contribution < 1.29 is 36.4 Å². The molecule has 2 atom stereocenters. The Bertz CT molecular complexity index is 600. The van der Waals surface area contributed by atoms with Crippen LogP contribution in [-0.4, -0.2) is 41.5 Å². The molecule has 0 aromatic carbocycles. The minimum Gasteiger partial charge on any atom is -0.458 e. The van der Waals surface area contributed by atoms with Gasteiger partial charge in [0.25, 0.3) is 0 Å². The molecule has 3 aliphatic rings. The summed E-state index contributed by atoms with van der Waals surface area (Å²) in [4.78, 5) is 12.1. The van der Waals surface area contributed by atoms with Crippen LogP contribution in [0.3, 0.4) is 0 Å². The number of esters is 1. The van der Waals surface area contributed by atoms with Gasteiger partial charge in [-0.15, -0.1) is 0 Å². The van der Waals surface area contributed by atoms with Gasteiger partial charge in [0.15, 0.2) is 6.61 Å². The van der Waals surface area contributed by atoms with Crippen LogP contribution in [0.4, 0.5) is 8.78 Å². The van der Waals surface area contributed by atoms with Crippen LogP contribution in [0.15, 0.2) is 0 Å². The van der Waals surface area contributed by atoms with Crippen LogP contribution in [0.2, 0.25) is 0 Å². The number of ether oxygens (including phenoxy) is 1. The summed E-state index contributed by atoms with van der Waals surface area (Å²) in [6.45, 7) is -0.0736. The molecule has 3 saturated carbocycles. The van der Waals surface area contributed by atoms with E-state index in [1.165, 1.54) is 0 Å². The van der Waals surface area contributed by atoms with E-state index in [1.807, 2.05) is 0 Å². The zero-order chi connectivity index (χ0) is 16.6. The molecule has 2 N–H and O–H groups in total. The van der Waals surface area contributed by atoms with Gasteiger partial charge in [0.1, 0.15) is 0 Å². The minimum absolute atomic E-state index is 0.178. The normalized spacial score (nSPS) is 43.6. The van der Waals surface area contributed by atoms with Crippen LogP contribution < -0.4 is 0 Å². The number of rotatable bonds is 4. The zero-order valence-electron chi connectivity index (χ0n) is 12.0. The highest BCUT2D eigenvalue weighted by atomic mass is 32.2. The highest BCUT2D eigenvalue weighted by Crippen LogP contribution is 2.69. The quantitative estimate of drug-likeness (QED) is 0.589. The second kappa shape index (κ2) is 4.39. The molecule has 126 valence electrons. The number of carbonyl (C=O) groups excluding carboxylic acids is 1. The maximum Gasteiger partial charge on any atom is 0.402 e. The second-order valence-corrected chi connectivity index (χ2v) is 8.76. The van der Waals surface area contributed by atoms with E-state index < -0.39 is 39.0 Å². The molecule has 0 amide bonds. The predicted octanol–water partition coefficient (Wildman–Crippen LogP) is 1.20. The van der Waals surface area contributed by atoms with Gasteiger partial charge in [-0.3, -0.25) is 9.35 Å². The largest absolute Gasteiger partial charge is 0.458 e. The summed E-state index contributed by atoms with van der Waals surface area (Å²) in [5.74, 6) is -0.335. The third-order valence-electron chi connectivity index (χ3n) is 5.53. The summed E-state index contributed by atoms with van der Waals surface area (Å²) < 4.78 is 60.1. The van der Waals surface area contributed by atoms with E-state index in [1.54, 1.807) is 6.92 Å². The fourth-order valence-electron chi connectivity index (χ4n) is 4.66. The van der Waals surface area contributed by atoms with Gasteiger partial charge in [-0.2, -0.15) is 17.2 Å². The summed E-state index contributed by atoms with van der Waals surface area (Å²) in [6.07, 6.45) is 2.09. The molecule has 0 spiro atoms. The second-order valence-electron chi connectivity index (χ2n) is 7.22. The lowest BCUT2D eigenvalue weighted by molar-refractivity contribution is -0.277. The summed E-state index contributed by atoms with van der Waals surface area (Å²) in [5.41, 5.74) is -1.55. The van der Waals surface area contributed by atoms with Crippen molar-refractivity contribution in [3.8, 4) is 0 Å². The predicted molar refractivity (Wildman–Crippen MR) is 69.4 cm³/mol. The van der Waals surface area contributed by atoms with Crippen molar-refractivity contribution in [2.45, 2.75) is 43.5 Å². The molecule has 0 heterocycles. The molecule has 0 aromatic rings. The lowest BCUT2D eigenvalue weighted by Gasteiger charge is -2.69. The number of carbonyl (C=O) groups is 1. The molecular weight excluding hydrogens is 322 g/mol. The van der Waals surface area contributed by atoms with Crippen LogP contribution in [0, 0.1) is 23.2 Å². The smallest absolute Gasteiger partial charge is 0.402 e. The van der Waals surface area contributed by atoms with Crippen molar-refractivity contribution in [3.63, 3.8) is 0 Å². The van der Waals surface area contributed by atoms with Crippen LogP contribution in [0.5, 0.6) is 0 Å². The Hall–Kier alpha value is -0.800. The molecule has 9 heteroatoms. The van der Waals surface area contributed by atoms with Gasteiger partial charge in [-0.25, -0.2) is 0 Å². The Balaban J connectivity index is 1.63. The number of aliphatic hydroxyl groups is 1. The molecule has 22 heavy (non-hydrogen) atoms. The molecule has 3 aliphatic carbocycles. The molecule has 2 unspecified atom stereocenters. The van der Waals surface area contributed by atoms with Gasteiger partial charge in [-0.1, -0.05) is 0 Å². The summed E-state index contributed by atoms with van der Waals surface area (Å²) in [5, 5.41) is 5.56. The highest BCUT2D eigenvalue weighted by molar-refractivity contribution is 7.86. The SMILES string of the molecule is CC1(C(=O)OCC(F)(F)S(=O)(=O)O)CC2CC3(O)CC(C1)C23. The van der Waals surface area contributed by atoms with Gasteiger partial charge >= 0.3 is 21.3 Å². The summed E-state index contributed by atoms with van der Waals surface area (Å²) in [7, 11) is -5.61. The van der Waals surface area contributed by atoms with Gasteiger partial charge in [0.05, 0.1) is 11.0 Å². The van der Waals surface area contributed by atoms with Gasteiger partial charge in [0, 0.05) is 0 Å². The van der Waals surface area contributed by atoms with Crippen LogP contribution >= 0.6 is 0 Å². The van der Waals surface area contributed by atoms with Crippen molar-refractivity contribution in [1.29, 1.82) is 0 Å². The Morgan fingerprint density at radius 3 is 2.18 bits per heavy atom. The van der Waals surface area contributed by atoms with Crippen LogP contribution in [0.1, 0.15) is 32.6 Å². The van der Waals surface area contributed by atoms with Crippen molar-refractivity contribution in [2.24, 2.45) is 23.2 Å². The summed E-state index contributed by atoms with van der Waals surface area (Å²) in [6, 6.07) is 0. The molecule has 0 aromatic heterocycles. The average Bonchev–Trinajstić information content (AvgIpc) is 2.31. The fraction of sp³-hybridized carbons (Fsp3) is 0.923. The maximum atomic E-state index is 13.1. The van der Waals surface area contributed by atoms with E-state index in [-0.39, 0.29) is 17.8 Å². The molecule has 3 rings (SSSR count). The molecule has 0 saturated heterocycles. The molecule has 0 bridgehead atoms.